The second-order valence-corrected chi connectivity index (χ2v) is 7.06. The molecule has 2 heterocycles. The van der Waals surface area contributed by atoms with Crippen LogP contribution in [0.25, 0.3) is 0 Å². The molecule has 1 N–H and O–H groups in total. The van der Waals surface area contributed by atoms with E-state index >= 15 is 0 Å². The third-order valence-electron chi connectivity index (χ3n) is 4.03. The van der Waals surface area contributed by atoms with Crippen LogP contribution >= 0.6 is 11.8 Å². The number of fused-ring (bicyclic) bond motifs is 1. The average molecular weight is 324 g/mol. The molecule has 22 heavy (non-hydrogen) atoms. The lowest BCUT2D eigenvalue weighted by Gasteiger charge is -2.36. The number of hydrogen-bond donors (Lipinski definition) is 1. The van der Waals surface area contributed by atoms with Crippen LogP contribution in [0.15, 0.2) is 23.1 Å². The average Bonchev–Trinajstić information content (AvgIpc) is 2.47. The Morgan fingerprint density at radius 1 is 1.36 bits per heavy atom. The molecule has 3 unspecified atom stereocenters. The van der Waals surface area contributed by atoms with Crippen molar-refractivity contribution in [2.75, 3.05) is 18.8 Å². The number of nitrogens with zero attached hydrogens (tertiary/aromatic N) is 1. The van der Waals surface area contributed by atoms with Gasteiger partial charge in [-0.3, -0.25) is 0 Å². The van der Waals surface area contributed by atoms with Crippen molar-refractivity contribution in [3.63, 3.8) is 0 Å². The van der Waals surface area contributed by atoms with Gasteiger partial charge >= 0.3 is 6.03 Å². The highest BCUT2D eigenvalue weighted by molar-refractivity contribution is 7.99. The van der Waals surface area contributed by atoms with E-state index in [1.54, 1.807) is 11.0 Å². The molecule has 2 amide bonds. The predicted octanol–water partition coefficient (Wildman–Crippen LogP) is 3.18. The first kappa shape index (κ1) is 15.6. The first-order valence-corrected chi connectivity index (χ1v) is 8.65. The van der Waals surface area contributed by atoms with Crippen LogP contribution in [0.3, 0.4) is 0 Å². The summed E-state index contributed by atoms with van der Waals surface area (Å²) in [7, 11) is 0. The van der Waals surface area contributed by atoms with Crippen molar-refractivity contribution in [1.29, 1.82) is 0 Å². The summed E-state index contributed by atoms with van der Waals surface area (Å²) in [6, 6.07) is 4.88. The van der Waals surface area contributed by atoms with Gasteiger partial charge in [0.25, 0.3) is 0 Å². The van der Waals surface area contributed by atoms with E-state index in [1.807, 2.05) is 19.9 Å². The van der Waals surface area contributed by atoms with Crippen LogP contribution in [0.5, 0.6) is 0 Å². The zero-order chi connectivity index (χ0) is 15.7. The second-order valence-electron chi connectivity index (χ2n) is 5.96. The van der Waals surface area contributed by atoms with Crippen molar-refractivity contribution < 1.29 is 13.9 Å². The van der Waals surface area contributed by atoms with Crippen molar-refractivity contribution >= 4 is 17.8 Å². The molecular formula is C16H21FN2O2S. The minimum atomic E-state index is -0.199. The number of ether oxygens (including phenoxy) is 1. The number of thioether (sulfide) groups is 1. The molecule has 120 valence electrons. The Hall–Kier alpha value is -1.27. The molecule has 3 atom stereocenters. The van der Waals surface area contributed by atoms with Crippen molar-refractivity contribution in [1.82, 2.24) is 10.2 Å². The molecule has 0 aromatic heterocycles. The normalized spacial score (nSPS) is 28.1. The lowest BCUT2D eigenvalue weighted by Crippen LogP contribution is -2.52. The first-order chi connectivity index (χ1) is 10.5. The molecule has 6 heteroatoms. The summed E-state index contributed by atoms with van der Waals surface area (Å²) in [5, 5.41) is 3.06. The summed E-state index contributed by atoms with van der Waals surface area (Å²) in [5.74, 6) is 0.615. The Balaban J connectivity index is 1.72. The Bertz CT molecular complexity index is 559. The van der Waals surface area contributed by atoms with Gasteiger partial charge in [-0.1, -0.05) is 12.1 Å². The number of morpholine rings is 1. The number of halogens is 1. The van der Waals surface area contributed by atoms with Gasteiger partial charge in [-0.2, -0.15) is 0 Å². The van der Waals surface area contributed by atoms with Crippen LogP contribution in [0.2, 0.25) is 0 Å². The fourth-order valence-electron chi connectivity index (χ4n) is 3.12. The van der Waals surface area contributed by atoms with Crippen molar-refractivity contribution in [3.05, 3.63) is 29.6 Å². The van der Waals surface area contributed by atoms with E-state index in [2.05, 4.69) is 5.32 Å². The lowest BCUT2D eigenvalue weighted by atomic mass is 10.0. The van der Waals surface area contributed by atoms with Crippen molar-refractivity contribution in [3.8, 4) is 0 Å². The van der Waals surface area contributed by atoms with Crippen LogP contribution in [-0.4, -0.2) is 42.0 Å². The third kappa shape index (κ3) is 3.22. The second kappa shape index (κ2) is 6.46. The summed E-state index contributed by atoms with van der Waals surface area (Å²) in [6.45, 7) is 5.12. The minimum Gasteiger partial charge on any atom is -0.372 e. The van der Waals surface area contributed by atoms with Crippen molar-refractivity contribution in [2.24, 2.45) is 0 Å². The molecule has 0 aliphatic carbocycles. The summed E-state index contributed by atoms with van der Waals surface area (Å²) in [4.78, 5) is 15.0. The van der Waals surface area contributed by atoms with Crippen LogP contribution in [0.1, 0.15) is 31.9 Å². The quantitative estimate of drug-likeness (QED) is 0.863. The molecule has 1 aromatic carbocycles. The Morgan fingerprint density at radius 2 is 2.09 bits per heavy atom. The maximum atomic E-state index is 13.9. The maximum absolute atomic E-state index is 13.9. The molecular weight excluding hydrogens is 303 g/mol. The number of amides is 2. The highest BCUT2D eigenvalue weighted by Crippen LogP contribution is 2.37. The zero-order valence-corrected chi connectivity index (χ0v) is 13.7. The largest absolute Gasteiger partial charge is 0.372 e. The molecule has 2 aliphatic rings. The molecule has 3 rings (SSSR count). The smallest absolute Gasteiger partial charge is 0.318 e. The predicted molar refractivity (Wildman–Crippen MR) is 84.6 cm³/mol. The molecule has 1 saturated heterocycles. The number of rotatable bonds is 1. The van der Waals surface area contributed by atoms with E-state index in [1.165, 1.54) is 17.8 Å². The molecule has 1 fully saturated rings. The molecule has 0 saturated carbocycles. The van der Waals surface area contributed by atoms with E-state index in [0.717, 1.165) is 17.7 Å². The number of carbonyl (C=O) groups excluding carboxylic acids is 1. The molecule has 2 aliphatic heterocycles. The lowest BCUT2D eigenvalue weighted by molar-refractivity contribution is -0.0548. The summed E-state index contributed by atoms with van der Waals surface area (Å²) >= 11 is 1.52. The SMILES string of the molecule is CC1CN(C(=O)NC2CCSc3c(F)cccc32)CC(C)O1. The van der Waals surface area contributed by atoms with Gasteiger partial charge in [0.2, 0.25) is 0 Å². The van der Waals surface area contributed by atoms with Gasteiger partial charge in [-0.05, 0) is 31.9 Å². The molecule has 0 radical (unpaired) electrons. The fourth-order valence-corrected chi connectivity index (χ4v) is 4.26. The van der Waals surface area contributed by atoms with E-state index in [9.17, 15) is 9.18 Å². The highest BCUT2D eigenvalue weighted by atomic mass is 32.2. The first-order valence-electron chi connectivity index (χ1n) is 7.66. The van der Waals surface area contributed by atoms with E-state index < -0.39 is 0 Å². The maximum Gasteiger partial charge on any atom is 0.318 e. The summed E-state index contributed by atoms with van der Waals surface area (Å²) in [6.07, 6.45) is 0.907. The zero-order valence-electron chi connectivity index (χ0n) is 12.8. The third-order valence-corrected chi connectivity index (χ3v) is 5.19. The van der Waals surface area contributed by atoms with Crippen LogP contribution in [0.4, 0.5) is 9.18 Å². The van der Waals surface area contributed by atoms with E-state index in [-0.39, 0.29) is 30.1 Å². The van der Waals surface area contributed by atoms with E-state index in [4.69, 9.17) is 4.74 Å². The summed E-state index contributed by atoms with van der Waals surface area (Å²) < 4.78 is 19.5. The minimum absolute atomic E-state index is 0.0427. The number of benzene rings is 1. The fraction of sp³-hybridized carbons (Fsp3) is 0.562. The van der Waals surface area contributed by atoms with Crippen LogP contribution < -0.4 is 5.32 Å². The Morgan fingerprint density at radius 3 is 2.82 bits per heavy atom. The number of urea groups is 1. The van der Waals surface area contributed by atoms with Gasteiger partial charge in [0.1, 0.15) is 5.82 Å². The van der Waals surface area contributed by atoms with E-state index in [0.29, 0.717) is 18.0 Å². The number of carbonyl (C=O) groups is 1. The van der Waals surface area contributed by atoms with Crippen LogP contribution in [0, 0.1) is 5.82 Å². The summed E-state index contributed by atoms with van der Waals surface area (Å²) in [5.41, 5.74) is 0.888. The van der Waals surface area contributed by atoms with Gasteiger partial charge in [0.05, 0.1) is 18.2 Å². The van der Waals surface area contributed by atoms with Gasteiger partial charge in [0.15, 0.2) is 0 Å². The van der Waals surface area contributed by atoms with Gasteiger partial charge in [-0.25, -0.2) is 9.18 Å². The Labute approximate surface area is 134 Å². The molecule has 0 spiro atoms. The topological polar surface area (TPSA) is 41.6 Å². The highest BCUT2D eigenvalue weighted by Gasteiger charge is 2.29. The van der Waals surface area contributed by atoms with Crippen LogP contribution in [-0.2, 0) is 4.74 Å². The molecule has 0 bridgehead atoms. The standard InChI is InChI=1S/C16H21FN2O2S/c1-10-8-19(9-11(2)21-10)16(20)18-14-6-7-22-15-12(14)4-3-5-13(15)17/h3-5,10-11,14H,6-9H2,1-2H3,(H,18,20). The number of hydrogen-bond acceptors (Lipinski definition) is 3. The number of nitrogens with one attached hydrogen (secondary N) is 1. The molecule has 4 nitrogen and oxygen atoms in total. The van der Waals surface area contributed by atoms with Gasteiger partial charge < -0.3 is 15.0 Å². The molecule has 1 aromatic rings. The van der Waals surface area contributed by atoms with Gasteiger partial charge in [-0.15, -0.1) is 11.8 Å². The van der Waals surface area contributed by atoms with Gasteiger partial charge in [0, 0.05) is 23.7 Å². The Kier molecular flexibility index (Phi) is 4.59. The monoisotopic (exact) mass is 324 g/mol. The van der Waals surface area contributed by atoms with Crippen molar-refractivity contribution in [2.45, 2.75) is 43.4 Å².